The summed E-state index contributed by atoms with van der Waals surface area (Å²) in [5.74, 6) is 1.86. The zero-order chi connectivity index (χ0) is 15.8. The van der Waals surface area contributed by atoms with Crippen molar-refractivity contribution in [2.24, 2.45) is 0 Å². The van der Waals surface area contributed by atoms with Gasteiger partial charge in [-0.05, 0) is 42.2 Å². The fourth-order valence-electron chi connectivity index (χ4n) is 3.36. The summed E-state index contributed by atoms with van der Waals surface area (Å²) in [4.78, 5) is 2.27. The number of hydrogen-bond donors (Lipinski definition) is 0. The van der Waals surface area contributed by atoms with Gasteiger partial charge in [-0.3, -0.25) is 0 Å². The van der Waals surface area contributed by atoms with Crippen molar-refractivity contribution in [3.05, 3.63) is 83.4 Å². The minimum absolute atomic E-state index is 0.902. The van der Waals surface area contributed by atoms with E-state index in [1.54, 1.807) is 0 Å². The van der Waals surface area contributed by atoms with Crippen molar-refractivity contribution in [2.75, 3.05) is 11.9 Å². The van der Waals surface area contributed by atoms with Crippen LogP contribution in [0, 0.1) is 6.92 Å². The van der Waals surface area contributed by atoms with Crippen LogP contribution in [0.2, 0.25) is 0 Å². The Balaban J connectivity index is 1.81. The van der Waals surface area contributed by atoms with Gasteiger partial charge in [0.25, 0.3) is 0 Å². The number of nitrogens with zero attached hydrogens (tertiary/aromatic N) is 1. The minimum Gasteiger partial charge on any atom is -0.453 e. The molecule has 0 N–H and O–H groups in total. The van der Waals surface area contributed by atoms with Crippen molar-refractivity contribution in [3.63, 3.8) is 0 Å². The molecule has 4 rings (SSSR count). The van der Waals surface area contributed by atoms with E-state index < -0.39 is 0 Å². The van der Waals surface area contributed by atoms with E-state index in [1.165, 1.54) is 16.7 Å². The predicted octanol–water partition coefficient (Wildman–Crippen LogP) is 5.46. The molecule has 0 bridgehead atoms. The van der Waals surface area contributed by atoms with Gasteiger partial charge < -0.3 is 9.64 Å². The maximum atomic E-state index is 6.17. The van der Waals surface area contributed by atoms with Gasteiger partial charge in [-0.25, -0.2) is 0 Å². The van der Waals surface area contributed by atoms with E-state index in [-0.39, 0.29) is 0 Å². The highest BCUT2D eigenvalue weighted by molar-refractivity contribution is 5.81. The molecule has 0 spiro atoms. The summed E-state index contributed by atoms with van der Waals surface area (Å²) in [5, 5.41) is 0. The van der Waals surface area contributed by atoms with Crippen molar-refractivity contribution in [1.82, 2.24) is 0 Å². The van der Waals surface area contributed by atoms with E-state index >= 15 is 0 Å². The van der Waals surface area contributed by atoms with Crippen LogP contribution in [-0.4, -0.2) is 7.05 Å². The Labute approximate surface area is 137 Å². The average molecular weight is 301 g/mol. The third-order valence-corrected chi connectivity index (χ3v) is 4.41. The Morgan fingerprint density at radius 3 is 2.26 bits per heavy atom. The fraction of sp³-hybridized carbons (Fsp3) is 0.143. The highest BCUT2D eigenvalue weighted by Crippen LogP contribution is 2.48. The number of benzene rings is 3. The lowest BCUT2D eigenvalue weighted by atomic mass is 10.00. The normalized spacial score (nSPS) is 12.3. The lowest BCUT2D eigenvalue weighted by Gasteiger charge is -2.32. The summed E-state index contributed by atoms with van der Waals surface area (Å²) in [5.41, 5.74) is 6.14. The molecular weight excluding hydrogens is 282 g/mol. The second kappa shape index (κ2) is 5.47. The first-order valence-corrected chi connectivity index (χ1v) is 7.91. The number of anilines is 2. The highest BCUT2D eigenvalue weighted by Gasteiger charge is 2.25. The molecule has 0 aliphatic carbocycles. The molecule has 1 aliphatic rings. The molecule has 0 saturated heterocycles. The molecule has 2 nitrogen and oxygen atoms in total. The molecule has 0 radical (unpaired) electrons. The van der Waals surface area contributed by atoms with E-state index in [4.69, 9.17) is 4.74 Å². The second-order valence-corrected chi connectivity index (χ2v) is 6.01. The summed E-state index contributed by atoms with van der Waals surface area (Å²) in [6.45, 7) is 2.13. The summed E-state index contributed by atoms with van der Waals surface area (Å²) < 4.78 is 6.17. The zero-order valence-electron chi connectivity index (χ0n) is 13.4. The Kier molecular flexibility index (Phi) is 3.30. The second-order valence-electron chi connectivity index (χ2n) is 6.01. The molecule has 0 saturated carbocycles. The van der Waals surface area contributed by atoms with Crippen molar-refractivity contribution >= 4 is 11.4 Å². The van der Waals surface area contributed by atoms with Crippen LogP contribution in [0.5, 0.6) is 11.5 Å². The largest absolute Gasteiger partial charge is 0.453 e. The van der Waals surface area contributed by atoms with Crippen LogP contribution < -0.4 is 9.64 Å². The smallest absolute Gasteiger partial charge is 0.151 e. The van der Waals surface area contributed by atoms with Gasteiger partial charge in [-0.15, -0.1) is 0 Å². The average Bonchev–Trinajstić information content (AvgIpc) is 2.56. The molecule has 0 amide bonds. The van der Waals surface area contributed by atoms with Crippen LogP contribution in [0.1, 0.15) is 16.7 Å². The molecule has 3 aromatic carbocycles. The number of rotatable bonds is 2. The fourth-order valence-corrected chi connectivity index (χ4v) is 3.36. The third-order valence-electron chi connectivity index (χ3n) is 4.41. The SMILES string of the molecule is Cc1cccc2c1N(C)c1c(Cc3ccccc3)cccc1O2. The van der Waals surface area contributed by atoms with Crippen LogP contribution in [0.4, 0.5) is 11.4 Å². The van der Waals surface area contributed by atoms with E-state index in [2.05, 4.69) is 67.4 Å². The Hall–Kier alpha value is -2.74. The van der Waals surface area contributed by atoms with Crippen LogP contribution >= 0.6 is 0 Å². The van der Waals surface area contributed by atoms with Crippen molar-refractivity contribution in [3.8, 4) is 11.5 Å². The number of aryl methyl sites for hydroxylation is 1. The molecular formula is C21H19NO. The van der Waals surface area contributed by atoms with Gasteiger partial charge in [0, 0.05) is 7.05 Å². The van der Waals surface area contributed by atoms with Gasteiger partial charge in [-0.1, -0.05) is 54.6 Å². The first kappa shape index (κ1) is 13.9. The number of ether oxygens (including phenoxy) is 1. The van der Waals surface area contributed by atoms with Crippen LogP contribution in [0.25, 0.3) is 0 Å². The topological polar surface area (TPSA) is 12.5 Å². The summed E-state index contributed by atoms with van der Waals surface area (Å²) >= 11 is 0. The molecule has 1 aliphatic heterocycles. The van der Waals surface area contributed by atoms with Crippen molar-refractivity contribution < 1.29 is 4.74 Å². The van der Waals surface area contributed by atoms with Crippen LogP contribution in [0.3, 0.4) is 0 Å². The summed E-state index contributed by atoms with van der Waals surface area (Å²) in [6, 6.07) is 23.1. The molecule has 23 heavy (non-hydrogen) atoms. The van der Waals surface area contributed by atoms with Crippen molar-refractivity contribution in [1.29, 1.82) is 0 Å². The van der Waals surface area contributed by atoms with Gasteiger partial charge in [0.2, 0.25) is 0 Å². The lowest BCUT2D eigenvalue weighted by Crippen LogP contribution is -2.18. The van der Waals surface area contributed by atoms with Gasteiger partial charge >= 0.3 is 0 Å². The number of fused-ring (bicyclic) bond motifs is 2. The summed E-state index contributed by atoms with van der Waals surface area (Å²) in [6.07, 6.45) is 0.902. The molecule has 0 atom stereocenters. The van der Waals surface area contributed by atoms with Crippen LogP contribution in [0.15, 0.2) is 66.7 Å². The molecule has 1 heterocycles. The quantitative estimate of drug-likeness (QED) is 0.623. The van der Waals surface area contributed by atoms with E-state index in [9.17, 15) is 0 Å². The minimum atomic E-state index is 0.902. The van der Waals surface area contributed by atoms with Gasteiger partial charge in [0.1, 0.15) is 0 Å². The molecule has 2 heteroatoms. The molecule has 0 unspecified atom stereocenters. The van der Waals surface area contributed by atoms with E-state index in [0.717, 1.165) is 29.3 Å². The first-order valence-electron chi connectivity index (χ1n) is 7.91. The Morgan fingerprint density at radius 2 is 1.48 bits per heavy atom. The van der Waals surface area contributed by atoms with Gasteiger partial charge in [0.15, 0.2) is 11.5 Å². The number of para-hydroxylation sites is 2. The highest BCUT2D eigenvalue weighted by atomic mass is 16.5. The van der Waals surface area contributed by atoms with Gasteiger partial charge in [0.05, 0.1) is 11.4 Å². The monoisotopic (exact) mass is 301 g/mol. The van der Waals surface area contributed by atoms with E-state index in [0.29, 0.717) is 0 Å². The molecule has 0 aromatic heterocycles. The molecule has 3 aromatic rings. The Bertz CT molecular complexity index is 855. The third kappa shape index (κ3) is 2.36. The van der Waals surface area contributed by atoms with Crippen molar-refractivity contribution in [2.45, 2.75) is 13.3 Å². The first-order chi connectivity index (χ1) is 11.2. The maximum absolute atomic E-state index is 6.17. The standard InChI is InChI=1S/C21H19NO/c1-15-8-6-12-18-20(15)22(2)21-17(11-7-13-19(21)23-18)14-16-9-4-3-5-10-16/h3-13H,14H2,1-2H3. The maximum Gasteiger partial charge on any atom is 0.151 e. The van der Waals surface area contributed by atoms with Gasteiger partial charge in [-0.2, -0.15) is 0 Å². The number of hydrogen-bond acceptors (Lipinski definition) is 2. The Morgan fingerprint density at radius 1 is 0.783 bits per heavy atom. The molecule has 0 fully saturated rings. The van der Waals surface area contributed by atoms with E-state index in [1.807, 2.05) is 18.2 Å². The molecule has 114 valence electrons. The van der Waals surface area contributed by atoms with Crippen LogP contribution in [-0.2, 0) is 6.42 Å². The zero-order valence-corrected chi connectivity index (χ0v) is 13.4. The summed E-state index contributed by atoms with van der Waals surface area (Å²) in [7, 11) is 2.13. The predicted molar refractivity (Wildman–Crippen MR) is 95.0 cm³/mol. The lowest BCUT2D eigenvalue weighted by molar-refractivity contribution is 0.474.